The molecule has 1 fully saturated rings. The van der Waals surface area contributed by atoms with Gasteiger partial charge in [-0.3, -0.25) is 9.59 Å². The lowest BCUT2D eigenvalue weighted by Crippen LogP contribution is -2.54. The summed E-state index contributed by atoms with van der Waals surface area (Å²) in [5.41, 5.74) is 0.631. The number of piperidine rings is 1. The molecule has 2 rings (SSSR count). The number of carboxylic acid groups (broad SMARTS) is 1. The van der Waals surface area contributed by atoms with Crippen molar-refractivity contribution in [2.24, 2.45) is 5.92 Å². The Hall–Kier alpha value is -2.57. The van der Waals surface area contributed by atoms with Crippen molar-refractivity contribution in [3.8, 4) is 0 Å². The molecule has 1 aromatic rings. The van der Waals surface area contributed by atoms with Crippen molar-refractivity contribution in [1.82, 2.24) is 10.2 Å². The van der Waals surface area contributed by atoms with Crippen molar-refractivity contribution in [2.75, 3.05) is 11.9 Å². The minimum absolute atomic E-state index is 0.0328. The predicted octanol–water partition coefficient (Wildman–Crippen LogP) is 1.91. The fourth-order valence-corrected chi connectivity index (χ4v) is 2.81. The van der Waals surface area contributed by atoms with Gasteiger partial charge in [0.05, 0.1) is 5.92 Å². The number of nitrogens with one attached hydrogen (secondary N) is 2. The van der Waals surface area contributed by atoms with Crippen LogP contribution in [0, 0.1) is 5.92 Å². The molecule has 0 spiro atoms. The van der Waals surface area contributed by atoms with Gasteiger partial charge in [-0.1, -0.05) is 18.2 Å². The number of hydrogen-bond donors (Lipinski definition) is 3. The van der Waals surface area contributed by atoms with Gasteiger partial charge in [0.2, 0.25) is 5.91 Å². The Bertz CT molecular complexity index is 605. The van der Waals surface area contributed by atoms with Gasteiger partial charge in [0.1, 0.15) is 6.04 Å². The van der Waals surface area contributed by atoms with Crippen LogP contribution in [-0.4, -0.2) is 46.5 Å². The Morgan fingerprint density at radius 1 is 1.21 bits per heavy atom. The maximum absolute atomic E-state index is 12.6. The number of rotatable bonds is 4. The van der Waals surface area contributed by atoms with Crippen LogP contribution in [0.5, 0.6) is 0 Å². The number of likely N-dealkylation sites (tertiary alicyclic amines) is 1. The number of carbonyl (C=O) groups is 3. The molecule has 1 aromatic carbocycles. The minimum Gasteiger partial charge on any atom is -0.481 e. The first-order valence-corrected chi connectivity index (χ1v) is 8.04. The summed E-state index contributed by atoms with van der Waals surface area (Å²) in [4.78, 5) is 37.2. The van der Waals surface area contributed by atoms with Crippen LogP contribution in [0.3, 0.4) is 0 Å². The van der Waals surface area contributed by atoms with Gasteiger partial charge >= 0.3 is 12.0 Å². The third-order valence-corrected chi connectivity index (χ3v) is 4.26. The van der Waals surface area contributed by atoms with E-state index < -0.39 is 24.0 Å². The van der Waals surface area contributed by atoms with E-state index in [1.165, 1.54) is 0 Å². The highest BCUT2D eigenvalue weighted by Gasteiger charge is 2.34. The Morgan fingerprint density at radius 2 is 1.88 bits per heavy atom. The van der Waals surface area contributed by atoms with Crippen LogP contribution in [-0.2, 0) is 9.59 Å². The van der Waals surface area contributed by atoms with Crippen molar-refractivity contribution < 1.29 is 19.5 Å². The first-order chi connectivity index (χ1) is 11.4. The zero-order valence-corrected chi connectivity index (χ0v) is 13.9. The number of carboxylic acids is 1. The van der Waals surface area contributed by atoms with Gasteiger partial charge in [0.15, 0.2) is 0 Å². The van der Waals surface area contributed by atoms with Gasteiger partial charge in [0.25, 0.3) is 0 Å². The van der Waals surface area contributed by atoms with Crippen molar-refractivity contribution in [2.45, 2.75) is 38.8 Å². The third kappa shape index (κ3) is 4.47. The maximum Gasteiger partial charge on any atom is 0.319 e. The van der Waals surface area contributed by atoms with Crippen LogP contribution in [0.1, 0.15) is 26.7 Å². The van der Waals surface area contributed by atoms with Gasteiger partial charge in [-0.25, -0.2) is 4.79 Å². The molecule has 1 aliphatic rings. The van der Waals surface area contributed by atoms with E-state index in [0.717, 1.165) is 0 Å². The molecule has 130 valence electrons. The topological polar surface area (TPSA) is 98.7 Å². The molecular weight excluding hydrogens is 310 g/mol. The van der Waals surface area contributed by atoms with E-state index in [2.05, 4.69) is 10.6 Å². The fraction of sp³-hybridized carbons (Fsp3) is 0.471. The molecule has 1 saturated heterocycles. The number of nitrogens with zero attached hydrogens (tertiary/aromatic N) is 1. The molecule has 7 heteroatoms. The van der Waals surface area contributed by atoms with E-state index >= 15 is 0 Å². The lowest BCUT2D eigenvalue weighted by Gasteiger charge is -2.38. The molecule has 24 heavy (non-hydrogen) atoms. The quantitative estimate of drug-likeness (QED) is 0.784. The lowest BCUT2D eigenvalue weighted by molar-refractivity contribution is -0.147. The molecule has 0 radical (unpaired) electrons. The van der Waals surface area contributed by atoms with Crippen LogP contribution in [0.15, 0.2) is 30.3 Å². The summed E-state index contributed by atoms with van der Waals surface area (Å²) in [6, 6.07) is 7.69. The molecule has 0 aromatic heterocycles. The number of para-hydroxylation sites is 1. The van der Waals surface area contributed by atoms with E-state index in [1.807, 2.05) is 13.0 Å². The summed E-state index contributed by atoms with van der Waals surface area (Å²) in [7, 11) is 0. The standard InChI is InChI=1S/C17H23N3O4/c1-11-8-9-13(16(22)23)10-20(11)15(21)12(2)18-17(24)19-14-6-4-3-5-7-14/h3-7,11-13H,8-10H2,1-2H3,(H,22,23)(H2,18,19,24). The van der Waals surface area contributed by atoms with Gasteiger partial charge in [-0.05, 0) is 38.8 Å². The second-order valence-corrected chi connectivity index (χ2v) is 6.14. The largest absolute Gasteiger partial charge is 0.481 e. The van der Waals surface area contributed by atoms with Gasteiger partial charge in [-0.2, -0.15) is 0 Å². The zero-order valence-electron chi connectivity index (χ0n) is 13.9. The number of urea groups is 1. The van der Waals surface area contributed by atoms with E-state index in [9.17, 15) is 14.4 Å². The Morgan fingerprint density at radius 3 is 2.50 bits per heavy atom. The molecule has 0 bridgehead atoms. The van der Waals surface area contributed by atoms with Gasteiger partial charge in [0, 0.05) is 18.3 Å². The van der Waals surface area contributed by atoms with Crippen molar-refractivity contribution >= 4 is 23.6 Å². The molecule has 0 aliphatic carbocycles. The molecule has 3 unspecified atom stereocenters. The fourth-order valence-electron chi connectivity index (χ4n) is 2.81. The molecule has 1 aliphatic heterocycles. The number of aliphatic carboxylic acids is 1. The summed E-state index contributed by atoms with van der Waals surface area (Å²) in [5, 5.41) is 14.4. The SMILES string of the molecule is CC(NC(=O)Nc1ccccc1)C(=O)N1CC(C(=O)O)CCC1C. The number of benzene rings is 1. The Balaban J connectivity index is 1.93. The highest BCUT2D eigenvalue weighted by molar-refractivity contribution is 5.93. The van der Waals surface area contributed by atoms with E-state index in [1.54, 1.807) is 36.1 Å². The second-order valence-electron chi connectivity index (χ2n) is 6.14. The molecule has 7 nitrogen and oxygen atoms in total. The average molecular weight is 333 g/mol. The number of hydrogen-bond acceptors (Lipinski definition) is 3. The van der Waals surface area contributed by atoms with Gasteiger partial charge in [-0.15, -0.1) is 0 Å². The average Bonchev–Trinajstić information content (AvgIpc) is 2.55. The zero-order chi connectivity index (χ0) is 17.7. The highest BCUT2D eigenvalue weighted by atomic mass is 16.4. The summed E-state index contributed by atoms with van der Waals surface area (Å²) in [5.74, 6) is -1.70. The molecule has 3 atom stereocenters. The van der Waals surface area contributed by atoms with Crippen LogP contribution in [0.25, 0.3) is 0 Å². The van der Waals surface area contributed by atoms with Crippen molar-refractivity contribution in [3.05, 3.63) is 30.3 Å². The maximum atomic E-state index is 12.6. The molecule has 3 amide bonds. The molecule has 0 saturated carbocycles. The minimum atomic E-state index is -0.887. The highest BCUT2D eigenvalue weighted by Crippen LogP contribution is 2.22. The number of anilines is 1. The van der Waals surface area contributed by atoms with Crippen LogP contribution < -0.4 is 10.6 Å². The number of amides is 3. The summed E-state index contributed by atoms with van der Waals surface area (Å²) < 4.78 is 0. The smallest absolute Gasteiger partial charge is 0.319 e. The van der Waals surface area contributed by atoms with Crippen molar-refractivity contribution in [1.29, 1.82) is 0 Å². The molecular formula is C17H23N3O4. The first kappa shape index (κ1) is 17.8. The number of carbonyl (C=O) groups excluding carboxylic acids is 2. The molecule has 3 N–H and O–H groups in total. The lowest BCUT2D eigenvalue weighted by atomic mass is 9.93. The van der Waals surface area contributed by atoms with Crippen LogP contribution in [0.2, 0.25) is 0 Å². The van der Waals surface area contributed by atoms with E-state index in [0.29, 0.717) is 18.5 Å². The van der Waals surface area contributed by atoms with Crippen molar-refractivity contribution in [3.63, 3.8) is 0 Å². The van der Waals surface area contributed by atoms with Crippen LogP contribution >= 0.6 is 0 Å². The Kier molecular flexibility index (Phi) is 5.78. The van der Waals surface area contributed by atoms with E-state index in [-0.39, 0.29) is 18.5 Å². The summed E-state index contributed by atoms with van der Waals surface area (Å²) in [6.45, 7) is 3.68. The second kappa shape index (κ2) is 7.81. The molecule has 1 heterocycles. The van der Waals surface area contributed by atoms with E-state index in [4.69, 9.17) is 5.11 Å². The van der Waals surface area contributed by atoms with Gasteiger partial charge < -0.3 is 20.6 Å². The third-order valence-electron chi connectivity index (χ3n) is 4.26. The monoisotopic (exact) mass is 333 g/mol. The Labute approximate surface area is 141 Å². The normalized spacial score (nSPS) is 21.7. The van der Waals surface area contributed by atoms with Crippen LogP contribution in [0.4, 0.5) is 10.5 Å². The first-order valence-electron chi connectivity index (χ1n) is 8.04. The summed E-state index contributed by atoms with van der Waals surface area (Å²) in [6.07, 6.45) is 1.21. The summed E-state index contributed by atoms with van der Waals surface area (Å²) >= 11 is 0. The predicted molar refractivity (Wildman–Crippen MR) is 89.6 cm³/mol.